The van der Waals surface area contributed by atoms with Crippen molar-refractivity contribution in [2.75, 3.05) is 13.2 Å². The third kappa shape index (κ3) is 5.36. The van der Waals surface area contributed by atoms with E-state index in [1.807, 2.05) is 39.8 Å². The van der Waals surface area contributed by atoms with Gasteiger partial charge in [0.25, 0.3) is 0 Å². The predicted octanol–water partition coefficient (Wildman–Crippen LogP) is 3.00. The molecule has 1 aromatic rings. The SMILES string of the molecule is Cc1ccc(S(=O)OCC(O)C23CCC(NC(=O)OC(C)(C)C)(CC2)CO3)cc1. The first-order valence-corrected chi connectivity index (χ1v) is 11.1. The summed E-state index contributed by atoms with van der Waals surface area (Å²) < 4.78 is 29.1. The Hall–Kier alpha value is -1.48. The van der Waals surface area contributed by atoms with Gasteiger partial charge in [-0.05, 0) is 65.5 Å². The van der Waals surface area contributed by atoms with Crippen molar-refractivity contribution in [1.29, 1.82) is 0 Å². The van der Waals surface area contributed by atoms with E-state index < -0.39 is 40.0 Å². The monoisotopic (exact) mass is 425 g/mol. The lowest BCUT2D eigenvalue weighted by atomic mass is 9.69. The summed E-state index contributed by atoms with van der Waals surface area (Å²) in [7, 11) is 0. The molecule has 3 aliphatic rings. The van der Waals surface area contributed by atoms with Crippen molar-refractivity contribution in [3.05, 3.63) is 29.8 Å². The zero-order chi connectivity index (χ0) is 21.3. The van der Waals surface area contributed by atoms with E-state index in [9.17, 15) is 14.1 Å². The first kappa shape index (κ1) is 22.2. The second-order valence-electron chi connectivity index (χ2n) is 9.11. The zero-order valence-electron chi connectivity index (χ0n) is 17.5. The summed E-state index contributed by atoms with van der Waals surface area (Å²) in [5.74, 6) is 0. The maximum Gasteiger partial charge on any atom is 0.408 e. The minimum atomic E-state index is -1.64. The lowest BCUT2D eigenvalue weighted by Gasteiger charge is -2.54. The molecule has 2 saturated heterocycles. The lowest BCUT2D eigenvalue weighted by molar-refractivity contribution is -0.211. The van der Waals surface area contributed by atoms with Gasteiger partial charge in [0.05, 0.1) is 29.2 Å². The Morgan fingerprint density at radius 2 is 1.86 bits per heavy atom. The van der Waals surface area contributed by atoms with Gasteiger partial charge in [-0.2, -0.15) is 0 Å². The second kappa shape index (κ2) is 8.34. The number of ether oxygens (including phenoxy) is 2. The van der Waals surface area contributed by atoms with E-state index in [0.717, 1.165) is 5.56 Å². The number of rotatable bonds is 6. The van der Waals surface area contributed by atoms with Crippen molar-refractivity contribution in [1.82, 2.24) is 5.32 Å². The van der Waals surface area contributed by atoms with Crippen LogP contribution < -0.4 is 5.32 Å². The Kier molecular flexibility index (Phi) is 6.38. The van der Waals surface area contributed by atoms with Gasteiger partial charge < -0.3 is 19.9 Å². The summed E-state index contributed by atoms with van der Waals surface area (Å²) in [5, 5.41) is 13.7. The quantitative estimate of drug-likeness (QED) is 0.728. The number of hydrogen-bond donors (Lipinski definition) is 2. The average molecular weight is 426 g/mol. The molecule has 8 heteroatoms. The maximum atomic E-state index is 12.3. The molecule has 1 aromatic carbocycles. The van der Waals surface area contributed by atoms with Crippen LogP contribution in [0.5, 0.6) is 0 Å². The second-order valence-corrected chi connectivity index (χ2v) is 10.3. The van der Waals surface area contributed by atoms with Crippen LogP contribution in [0.25, 0.3) is 0 Å². The molecule has 29 heavy (non-hydrogen) atoms. The topological polar surface area (TPSA) is 94.1 Å². The van der Waals surface area contributed by atoms with E-state index in [0.29, 0.717) is 37.2 Å². The molecule has 1 aliphatic carbocycles. The molecule has 0 aromatic heterocycles. The van der Waals surface area contributed by atoms with Gasteiger partial charge in [-0.25, -0.2) is 9.00 Å². The van der Waals surface area contributed by atoms with Crippen molar-refractivity contribution < 1.29 is 27.8 Å². The highest BCUT2D eigenvalue weighted by Crippen LogP contribution is 2.45. The number of carbonyl (C=O) groups is 1. The molecule has 162 valence electrons. The highest BCUT2D eigenvalue weighted by molar-refractivity contribution is 7.80. The summed E-state index contributed by atoms with van der Waals surface area (Å²) in [5.41, 5.74) is -0.676. The van der Waals surface area contributed by atoms with Crippen LogP contribution in [0.4, 0.5) is 4.79 Å². The summed E-state index contributed by atoms with van der Waals surface area (Å²) in [6.45, 7) is 7.66. The number of aliphatic hydroxyl groups excluding tert-OH is 1. The average Bonchev–Trinajstić information content (AvgIpc) is 2.66. The molecule has 7 nitrogen and oxygen atoms in total. The van der Waals surface area contributed by atoms with Gasteiger partial charge in [0.15, 0.2) is 11.1 Å². The van der Waals surface area contributed by atoms with Crippen molar-refractivity contribution in [2.45, 2.75) is 81.1 Å². The minimum Gasteiger partial charge on any atom is -0.444 e. The van der Waals surface area contributed by atoms with Crippen molar-refractivity contribution in [3.8, 4) is 0 Å². The molecule has 1 amide bonds. The number of amides is 1. The molecular weight excluding hydrogens is 394 g/mol. The fourth-order valence-electron chi connectivity index (χ4n) is 3.83. The standard InChI is InChI=1S/C21H31NO6S/c1-15-5-7-16(8-6-15)29(25)27-13-17(23)21-11-9-20(10-12-21,14-26-21)22-18(24)28-19(2,3)4/h5-8,17,23H,9-14H2,1-4H3,(H,22,24). The van der Waals surface area contributed by atoms with Crippen LogP contribution in [0.3, 0.4) is 0 Å². The Morgan fingerprint density at radius 1 is 1.24 bits per heavy atom. The Balaban J connectivity index is 1.52. The van der Waals surface area contributed by atoms with Gasteiger partial charge in [-0.15, -0.1) is 0 Å². The fraction of sp³-hybridized carbons (Fsp3) is 0.667. The van der Waals surface area contributed by atoms with E-state index >= 15 is 0 Å². The maximum absolute atomic E-state index is 12.3. The summed E-state index contributed by atoms with van der Waals surface area (Å²) in [4.78, 5) is 12.7. The summed E-state index contributed by atoms with van der Waals surface area (Å²) >= 11 is -1.64. The van der Waals surface area contributed by atoms with Crippen LogP contribution in [0.2, 0.25) is 0 Å². The first-order valence-electron chi connectivity index (χ1n) is 9.98. The van der Waals surface area contributed by atoms with Crippen LogP contribution in [-0.4, -0.2) is 51.5 Å². The van der Waals surface area contributed by atoms with Crippen LogP contribution >= 0.6 is 0 Å². The molecule has 0 spiro atoms. The smallest absolute Gasteiger partial charge is 0.408 e. The molecule has 3 fully saturated rings. The molecule has 2 aliphatic heterocycles. The van der Waals surface area contributed by atoms with Gasteiger partial charge in [-0.1, -0.05) is 17.7 Å². The van der Waals surface area contributed by atoms with E-state index in [1.54, 1.807) is 12.1 Å². The third-order valence-corrected chi connectivity index (χ3v) is 6.62. The fourth-order valence-corrected chi connectivity index (χ4v) is 4.58. The highest BCUT2D eigenvalue weighted by atomic mass is 32.2. The Morgan fingerprint density at radius 3 is 2.38 bits per heavy atom. The number of fused-ring (bicyclic) bond motifs is 3. The molecule has 2 unspecified atom stereocenters. The molecule has 4 rings (SSSR count). The Labute approximate surface area is 174 Å². The third-order valence-electron chi connectivity index (χ3n) is 5.61. The number of hydrogen-bond acceptors (Lipinski definition) is 6. The summed E-state index contributed by atoms with van der Waals surface area (Å²) in [6, 6.07) is 7.25. The van der Waals surface area contributed by atoms with Gasteiger partial charge in [0, 0.05) is 0 Å². The molecule has 1 saturated carbocycles. The van der Waals surface area contributed by atoms with Crippen molar-refractivity contribution >= 4 is 17.2 Å². The van der Waals surface area contributed by atoms with Crippen LogP contribution in [0.15, 0.2) is 29.2 Å². The number of aryl methyl sites for hydroxylation is 1. The lowest BCUT2D eigenvalue weighted by Crippen LogP contribution is -2.66. The van der Waals surface area contributed by atoms with E-state index in [-0.39, 0.29) is 6.61 Å². The van der Waals surface area contributed by atoms with Crippen LogP contribution in [0, 0.1) is 6.92 Å². The number of nitrogens with one attached hydrogen (secondary N) is 1. The molecule has 2 bridgehead atoms. The predicted molar refractivity (Wildman–Crippen MR) is 109 cm³/mol. The minimum absolute atomic E-state index is 0.0764. The van der Waals surface area contributed by atoms with Gasteiger partial charge in [0.1, 0.15) is 11.7 Å². The first-order chi connectivity index (χ1) is 13.5. The molecular formula is C21H31NO6S. The van der Waals surface area contributed by atoms with E-state index in [4.69, 9.17) is 13.7 Å². The van der Waals surface area contributed by atoms with Gasteiger partial charge in [0.2, 0.25) is 0 Å². The van der Waals surface area contributed by atoms with Crippen LogP contribution in [0.1, 0.15) is 52.0 Å². The summed E-state index contributed by atoms with van der Waals surface area (Å²) in [6.07, 6.45) is 1.20. The zero-order valence-corrected chi connectivity index (χ0v) is 18.3. The Bertz CT molecular complexity index is 733. The van der Waals surface area contributed by atoms with Crippen molar-refractivity contribution in [3.63, 3.8) is 0 Å². The largest absolute Gasteiger partial charge is 0.444 e. The number of alkyl carbamates (subject to hydrolysis) is 1. The number of benzene rings is 1. The number of aliphatic hydroxyl groups is 1. The van der Waals surface area contributed by atoms with Crippen molar-refractivity contribution in [2.24, 2.45) is 0 Å². The highest BCUT2D eigenvalue weighted by Gasteiger charge is 2.54. The van der Waals surface area contributed by atoms with Gasteiger partial charge in [-0.3, -0.25) is 4.18 Å². The molecule has 2 atom stereocenters. The molecule has 2 heterocycles. The van der Waals surface area contributed by atoms with Gasteiger partial charge >= 0.3 is 6.09 Å². The van der Waals surface area contributed by atoms with E-state index in [1.165, 1.54) is 0 Å². The molecule has 2 N–H and O–H groups in total. The van der Waals surface area contributed by atoms with E-state index in [2.05, 4.69) is 5.32 Å². The van der Waals surface area contributed by atoms with Crippen LogP contribution in [-0.2, 0) is 24.7 Å². The number of carbonyl (C=O) groups excluding carboxylic acids is 1. The normalized spacial score (nSPS) is 28.6. The molecule has 0 radical (unpaired) electrons.